The van der Waals surface area contributed by atoms with Gasteiger partial charge in [0.05, 0.1) is 13.2 Å². The van der Waals surface area contributed by atoms with E-state index in [2.05, 4.69) is 10.6 Å². The smallest absolute Gasteiger partial charge is 0.171 e. The number of hydrogen-bond donors (Lipinski definition) is 2. The van der Waals surface area contributed by atoms with Crippen molar-refractivity contribution in [2.45, 2.75) is 13.0 Å². The van der Waals surface area contributed by atoms with Gasteiger partial charge in [0.15, 0.2) is 16.6 Å². The largest absolute Gasteiger partial charge is 0.493 e. The first-order chi connectivity index (χ1) is 11.5. The molecule has 2 aromatic rings. The summed E-state index contributed by atoms with van der Waals surface area (Å²) in [6, 6.07) is 10.7. The Bertz CT molecular complexity index is 692. The molecular weight excluding hydrogens is 334 g/mol. The second kappa shape index (κ2) is 8.44. The Balaban J connectivity index is 1.88. The summed E-state index contributed by atoms with van der Waals surface area (Å²) >= 11 is 5.08. The van der Waals surface area contributed by atoms with Gasteiger partial charge in [-0.3, -0.25) is 0 Å². The Morgan fingerprint density at radius 3 is 2.33 bits per heavy atom. The van der Waals surface area contributed by atoms with Gasteiger partial charge in [0.1, 0.15) is 23.9 Å². The lowest BCUT2D eigenvalue weighted by Crippen LogP contribution is -2.39. The lowest BCUT2D eigenvalue weighted by atomic mass is 10.3. The minimum Gasteiger partial charge on any atom is -0.493 e. The molecule has 0 bridgehead atoms. The Hall–Kier alpha value is -2.41. The van der Waals surface area contributed by atoms with Crippen LogP contribution >= 0.6 is 12.2 Å². The summed E-state index contributed by atoms with van der Waals surface area (Å²) in [7, 11) is 1.56. The summed E-state index contributed by atoms with van der Waals surface area (Å²) in [5, 5.41) is 5.54. The summed E-state index contributed by atoms with van der Waals surface area (Å²) in [6.45, 7) is 2.13. The van der Waals surface area contributed by atoms with Crippen LogP contribution in [0.1, 0.15) is 6.92 Å². The van der Waals surface area contributed by atoms with E-state index in [1.54, 1.807) is 19.2 Å². The quantitative estimate of drug-likeness (QED) is 0.776. The Morgan fingerprint density at radius 1 is 1.08 bits per heavy atom. The zero-order valence-electron chi connectivity index (χ0n) is 13.3. The average Bonchev–Trinajstić information content (AvgIpc) is 2.56. The normalized spacial score (nSPS) is 11.5. The topological polar surface area (TPSA) is 42.5 Å². The molecule has 0 radical (unpaired) electrons. The molecule has 0 aromatic heterocycles. The molecule has 4 nitrogen and oxygen atoms in total. The molecule has 0 aliphatic heterocycles. The summed E-state index contributed by atoms with van der Waals surface area (Å²) < 4.78 is 38.0. The Kier molecular flexibility index (Phi) is 6.31. The van der Waals surface area contributed by atoms with Crippen LogP contribution in [0.3, 0.4) is 0 Å². The second-order valence-corrected chi connectivity index (χ2v) is 5.47. The third-order valence-electron chi connectivity index (χ3n) is 3.14. The number of hydrogen-bond acceptors (Lipinski definition) is 3. The van der Waals surface area contributed by atoms with Gasteiger partial charge in [-0.2, -0.15) is 0 Å². The Labute approximate surface area is 144 Å². The first-order valence-electron chi connectivity index (χ1n) is 7.28. The average molecular weight is 352 g/mol. The second-order valence-electron chi connectivity index (χ2n) is 5.06. The van der Waals surface area contributed by atoms with Crippen LogP contribution in [0.25, 0.3) is 0 Å². The lowest BCUT2D eigenvalue weighted by Gasteiger charge is -2.18. The molecule has 0 spiro atoms. The monoisotopic (exact) mass is 352 g/mol. The maximum Gasteiger partial charge on any atom is 0.171 e. The number of benzene rings is 2. The van der Waals surface area contributed by atoms with Gasteiger partial charge in [-0.1, -0.05) is 18.2 Å². The predicted molar refractivity (Wildman–Crippen MR) is 93.7 cm³/mol. The molecule has 2 N–H and O–H groups in total. The highest BCUT2D eigenvalue weighted by atomic mass is 32.1. The van der Waals surface area contributed by atoms with E-state index in [0.717, 1.165) is 12.1 Å². The van der Waals surface area contributed by atoms with E-state index < -0.39 is 11.6 Å². The van der Waals surface area contributed by atoms with Gasteiger partial charge in [-0.25, -0.2) is 8.78 Å². The number of anilines is 1. The summed E-state index contributed by atoms with van der Waals surface area (Å²) in [4.78, 5) is 0. The number of thiocarbonyl (C=S) groups is 1. The van der Waals surface area contributed by atoms with Gasteiger partial charge in [-0.05, 0) is 43.4 Å². The molecule has 0 saturated carbocycles. The molecule has 7 heteroatoms. The van der Waals surface area contributed by atoms with Crippen molar-refractivity contribution in [1.29, 1.82) is 0 Å². The summed E-state index contributed by atoms with van der Waals surface area (Å²) in [5.74, 6) is -0.194. The fraction of sp³-hybridized carbons (Fsp3) is 0.235. The van der Waals surface area contributed by atoms with Crippen molar-refractivity contribution in [1.82, 2.24) is 5.32 Å². The van der Waals surface area contributed by atoms with Crippen LogP contribution in [0.4, 0.5) is 14.5 Å². The zero-order chi connectivity index (χ0) is 17.5. The Morgan fingerprint density at radius 2 is 1.71 bits per heavy atom. The van der Waals surface area contributed by atoms with Crippen molar-refractivity contribution in [3.05, 3.63) is 54.1 Å². The van der Waals surface area contributed by atoms with Gasteiger partial charge >= 0.3 is 0 Å². The summed E-state index contributed by atoms with van der Waals surface area (Å²) in [6.07, 6.45) is 0. The minimum absolute atomic E-state index is 0.107. The number of ether oxygens (including phenoxy) is 2. The molecule has 2 aromatic carbocycles. The third kappa shape index (κ3) is 4.79. The molecular formula is C17H18F2N2O2S. The van der Waals surface area contributed by atoms with Crippen LogP contribution in [0.2, 0.25) is 0 Å². The maximum atomic E-state index is 13.6. The van der Waals surface area contributed by atoms with E-state index in [0.29, 0.717) is 18.1 Å². The van der Waals surface area contributed by atoms with Crippen molar-refractivity contribution in [3.63, 3.8) is 0 Å². The maximum absolute atomic E-state index is 13.6. The minimum atomic E-state index is -0.711. The SMILES string of the molecule is COc1ccccc1OCC(C)NC(=S)Nc1c(F)cccc1F. The van der Waals surface area contributed by atoms with Gasteiger partial charge in [0, 0.05) is 0 Å². The molecule has 0 amide bonds. The van der Waals surface area contributed by atoms with Crippen molar-refractivity contribution in [2.24, 2.45) is 0 Å². The van der Waals surface area contributed by atoms with Crippen LogP contribution in [0.15, 0.2) is 42.5 Å². The van der Waals surface area contributed by atoms with Crippen molar-refractivity contribution in [3.8, 4) is 11.5 Å². The third-order valence-corrected chi connectivity index (χ3v) is 3.36. The fourth-order valence-electron chi connectivity index (χ4n) is 1.99. The van der Waals surface area contributed by atoms with Crippen molar-refractivity contribution >= 4 is 23.0 Å². The van der Waals surface area contributed by atoms with Crippen LogP contribution in [-0.2, 0) is 0 Å². The van der Waals surface area contributed by atoms with E-state index in [1.165, 1.54) is 6.07 Å². The highest BCUT2D eigenvalue weighted by Gasteiger charge is 2.12. The van der Waals surface area contributed by atoms with Crippen LogP contribution in [0.5, 0.6) is 11.5 Å². The number of methoxy groups -OCH3 is 1. The molecule has 0 saturated heterocycles. The van der Waals surface area contributed by atoms with Crippen LogP contribution in [-0.4, -0.2) is 24.9 Å². The molecule has 0 aliphatic carbocycles. The molecule has 0 heterocycles. The first kappa shape index (κ1) is 17.9. The lowest BCUT2D eigenvalue weighted by molar-refractivity contribution is 0.270. The summed E-state index contributed by atoms with van der Waals surface area (Å²) in [5.41, 5.74) is -0.284. The molecule has 128 valence electrons. The van der Waals surface area contributed by atoms with Gasteiger partial charge < -0.3 is 20.1 Å². The molecule has 0 aliphatic rings. The first-order valence-corrected chi connectivity index (χ1v) is 7.69. The zero-order valence-corrected chi connectivity index (χ0v) is 14.1. The van der Waals surface area contributed by atoms with E-state index >= 15 is 0 Å². The molecule has 1 atom stereocenters. The van der Waals surface area contributed by atoms with Crippen molar-refractivity contribution < 1.29 is 18.3 Å². The van der Waals surface area contributed by atoms with Gasteiger partial charge in [0.2, 0.25) is 0 Å². The number of halogens is 2. The highest BCUT2D eigenvalue weighted by Crippen LogP contribution is 2.25. The molecule has 1 unspecified atom stereocenters. The highest BCUT2D eigenvalue weighted by molar-refractivity contribution is 7.80. The van der Waals surface area contributed by atoms with E-state index in [1.807, 2.05) is 19.1 Å². The molecule has 0 fully saturated rings. The number of para-hydroxylation sites is 3. The number of rotatable bonds is 6. The fourth-order valence-corrected chi connectivity index (χ4v) is 2.29. The van der Waals surface area contributed by atoms with Crippen LogP contribution < -0.4 is 20.1 Å². The van der Waals surface area contributed by atoms with Crippen LogP contribution in [0, 0.1) is 11.6 Å². The molecule has 24 heavy (non-hydrogen) atoms. The predicted octanol–water partition coefficient (Wildman–Crippen LogP) is 3.73. The van der Waals surface area contributed by atoms with E-state index in [-0.39, 0.29) is 16.8 Å². The number of nitrogens with one attached hydrogen (secondary N) is 2. The standard InChI is InChI=1S/C17H18F2N2O2S/c1-11(10-23-15-9-4-3-8-14(15)22-2)20-17(24)21-16-12(18)6-5-7-13(16)19/h3-9,11H,10H2,1-2H3,(H2,20,21,24). The van der Waals surface area contributed by atoms with Crippen molar-refractivity contribution in [2.75, 3.05) is 19.0 Å². The van der Waals surface area contributed by atoms with E-state index in [4.69, 9.17) is 21.7 Å². The van der Waals surface area contributed by atoms with Gasteiger partial charge in [0.25, 0.3) is 0 Å². The molecule has 2 rings (SSSR count). The van der Waals surface area contributed by atoms with Gasteiger partial charge in [-0.15, -0.1) is 0 Å². The van der Waals surface area contributed by atoms with E-state index in [9.17, 15) is 8.78 Å².